The van der Waals surface area contributed by atoms with Crippen LogP contribution in [0.25, 0.3) is 11.4 Å². The molecule has 9 heteroatoms. The number of carbonyl (C=O) groups is 1. The van der Waals surface area contributed by atoms with Crippen molar-refractivity contribution in [2.24, 2.45) is 0 Å². The molecule has 0 radical (unpaired) electrons. The van der Waals surface area contributed by atoms with Crippen molar-refractivity contribution in [3.05, 3.63) is 86.7 Å². The summed E-state index contributed by atoms with van der Waals surface area (Å²) in [6.45, 7) is 8.34. The van der Waals surface area contributed by atoms with Crippen molar-refractivity contribution in [2.75, 3.05) is 24.4 Å². The van der Waals surface area contributed by atoms with Crippen LogP contribution in [-0.2, 0) is 11.1 Å². The van der Waals surface area contributed by atoms with Gasteiger partial charge in [0.1, 0.15) is 22.9 Å². The fraction of sp³-hybridized carbons (Fsp3) is 0.290. The van der Waals surface area contributed by atoms with Gasteiger partial charge in [-0.2, -0.15) is 0 Å². The zero-order chi connectivity index (χ0) is 28.3. The van der Waals surface area contributed by atoms with Gasteiger partial charge in [0, 0.05) is 33.0 Å². The summed E-state index contributed by atoms with van der Waals surface area (Å²) in [7, 11) is 3.27. The zero-order valence-electron chi connectivity index (χ0n) is 23.0. The van der Waals surface area contributed by atoms with E-state index < -0.39 is 11.1 Å². The molecule has 3 aliphatic heterocycles. The third kappa shape index (κ3) is 2.92. The summed E-state index contributed by atoms with van der Waals surface area (Å²) in [6.07, 6.45) is 0. The highest BCUT2D eigenvalue weighted by Gasteiger charge is 2.71. The van der Waals surface area contributed by atoms with E-state index in [1.807, 2.05) is 67.3 Å². The van der Waals surface area contributed by atoms with Gasteiger partial charge in [0.15, 0.2) is 5.69 Å². The fourth-order valence-electron chi connectivity index (χ4n) is 7.10. The highest BCUT2D eigenvalue weighted by atomic mass is 35.5. The number of rotatable bonds is 4. The number of amides is 1. The predicted octanol–water partition coefficient (Wildman–Crippen LogP) is 6.94. The van der Waals surface area contributed by atoms with E-state index in [1.165, 1.54) is 0 Å². The van der Waals surface area contributed by atoms with Crippen LogP contribution >= 0.6 is 23.2 Å². The quantitative estimate of drug-likeness (QED) is 0.286. The molecule has 1 aromatic heterocycles. The average molecular weight is 575 g/mol. The number of hydrogen-bond acceptors (Lipinski definition) is 5. The standard InChI is InChI=1S/C31H28Cl2N4O3/c1-15-7-8-18(33)13-22(15)36-28(38)25-26-31(36)20-10-9-17(32)12-21(20)34-29(31)30(3,4)37(26)27(35-25)19-11-16(2)23(39-5)14-24(19)40-6/h7-14,29,34H,1-6H3. The fourth-order valence-corrected chi connectivity index (χ4v) is 7.44. The molecule has 1 amide bonds. The number of aryl methyl sites for hydroxylation is 2. The number of nitrogens with zero attached hydrogens (tertiary/aromatic N) is 3. The van der Waals surface area contributed by atoms with Gasteiger partial charge in [-0.25, -0.2) is 4.98 Å². The molecule has 0 saturated heterocycles. The van der Waals surface area contributed by atoms with Gasteiger partial charge < -0.3 is 19.4 Å². The number of fused-ring (bicyclic) bond motifs is 1. The first-order chi connectivity index (χ1) is 19.0. The second-order valence-electron chi connectivity index (χ2n) is 11.2. The van der Waals surface area contributed by atoms with Gasteiger partial charge in [0.25, 0.3) is 5.91 Å². The molecule has 3 aromatic carbocycles. The van der Waals surface area contributed by atoms with Crippen molar-refractivity contribution < 1.29 is 14.3 Å². The number of anilines is 2. The first kappa shape index (κ1) is 25.3. The van der Waals surface area contributed by atoms with Crippen molar-refractivity contribution >= 4 is 40.5 Å². The summed E-state index contributed by atoms with van der Waals surface area (Å²) in [4.78, 5) is 21.5. The van der Waals surface area contributed by atoms with E-state index in [9.17, 15) is 4.79 Å². The van der Waals surface area contributed by atoms with Gasteiger partial charge in [-0.1, -0.05) is 35.3 Å². The number of nitrogens with one attached hydrogen (secondary N) is 1. The maximum absolute atomic E-state index is 14.6. The van der Waals surface area contributed by atoms with Crippen LogP contribution in [0.4, 0.5) is 11.4 Å². The van der Waals surface area contributed by atoms with Gasteiger partial charge >= 0.3 is 0 Å². The summed E-state index contributed by atoms with van der Waals surface area (Å²) < 4.78 is 13.6. The molecule has 204 valence electrons. The van der Waals surface area contributed by atoms with Crippen LogP contribution in [0.1, 0.15) is 46.7 Å². The summed E-state index contributed by atoms with van der Waals surface area (Å²) >= 11 is 13.0. The Balaban J connectivity index is 1.59. The van der Waals surface area contributed by atoms with Gasteiger partial charge in [0.05, 0.1) is 37.1 Å². The van der Waals surface area contributed by atoms with Crippen LogP contribution in [0.3, 0.4) is 0 Å². The first-order valence-corrected chi connectivity index (χ1v) is 13.8. The minimum atomic E-state index is -0.870. The molecule has 1 N–H and O–H groups in total. The van der Waals surface area contributed by atoms with Gasteiger partial charge in [-0.15, -0.1) is 0 Å². The zero-order valence-corrected chi connectivity index (χ0v) is 24.5. The molecule has 2 unspecified atom stereocenters. The lowest BCUT2D eigenvalue weighted by Crippen LogP contribution is -2.55. The monoisotopic (exact) mass is 574 g/mol. The van der Waals surface area contributed by atoms with Crippen molar-refractivity contribution in [3.63, 3.8) is 0 Å². The average Bonchev–Trinajstić information content (AvgIpc) is 3.59. The van der Waals surface area contributed by atoms with Crippen LogP contribution in [0, 0.1) is 13.8 Å². The minimum absolute atomic E-state index is 0.172. The minimum Gasteiger partial charge on any atom is -0.496 e. The summed E-state index contributed by atoms with van der Waals surface area (Å²) in [5, 5.41) is 4.96. The van der Waals surface area contributed by atoms with E-state index >= 15 is 0 Å². The lowest BCUT2D eigenvalue weighted by atomic mass is 9.79. The Morgan fingerprint density at radius 2 is 1.62 bits per heavy atom. The molecule has 4 heterocycles. The van der Waals surface area contributed by atoms with Crippen molar-refractivity contribution in [3.8, 4) is 22.9 Å². The number of aromatic nitrogens is 2. The van der Waals surface area contributed by atoms with Crippen molar-refractivity contribution in [1.82, 2.24) is 9.55 Å². The first-order valence-electron chi connectivity index (χ1n) is 13.1. The number of ether oxygens (including phenoxy) is 2. The molecule has 1 spiro atoms. The number of halogens is 2. The van der Waals surface area contributed by atoms with Crippen LogP contribution < -0.4 is 19.7 Å². The largest absolute Gasteiger partial charge is 0.496 e. The van der Waals surface area contributed by atoms with Crippen LogP contribution in [0.2, 0.25) is 10.0 Å². The predicted molar refractivity (Wildman–Crippen MR) is 157 cm³/mol. The van der Waals surface area contributed by atoms with Gasteiger partial charge in [-0.05, 0) is 69.2 Å². The maximum atomic E-state index is 14.6. The molecule has 7 rings (SSSR count). The molecule has 4 aromatic rings. The van der Waals surface area contributed by atoms with E-state index in [4.69, 9.17) is 37.7 Å². The number of benzene rings is 3. The van der Waals surface area contributed by atoms with Gasteiger partial charge in [0.2, 0.25) is 0 Å². The second-order valence-corrected chi connectivity index (χ2v) is 12.1. The molecule has 0 fully saturated rings. The lowest BCUT2D eigenvalue weighted by Gasteiger charge is -2.40. The highest BCUT2D eigenvalue weighted by molar-refractivity contribution is 6.31. The van der Waals surface area contributed by atoms with E-state index in [2.05, 4.69) is 23.7 Å². The Morgan fingerprint density at radius 1 is 0.925 bits per heavy atom. The summed E-state index contributed by atoms with van der Waals surface area (Å²) in [6, 6.07) is 15.2. The Morgan fingerprint density at radius 3 is 2.35 bits per heavy atom. The number of methoxy groups -OCH3 is 2. The second kappa shape index (κ2) is 8.18. The normalized spacial score (nSPS) is 21.2. The smallest absolute Gasteiger partial charge is 0.280 e. The number of carbonyl (C=O) groups excluding carboxylic acids is 1. The number of hydrogen-bond donors (Lipinski definition) is 1. The van der Waals surface area contributed by atoms with Crippen molar-refractivity contribution in [1.29, 1.82) is 0 Å². The van der Waals surface area contributed by atoms with E-state index in [0.717, 1.165) is 45.1 Å². The number of imidazole rings is 1. The van der Waals surface area contributed by atoms with E-state index in [0.29, 0.717) is 27.3 Å². The molecule has 0 bridgehead atoms. The Hall–Kier alpha value is -3.68. The molecule has 40 heavy (non-hydrogen) atoms. The molecule has 2 atom stereocenters. The van der Waals surface area contributed by atoms with Gasteiger partial charge in [-0.3, -0.25) is 9.69 Å². The van der Waals surface area contributed by atoms with E-state index in [1.54, 1.807) is 14.2 Å². The van der Waals surface area contributed by atoms with Crippen LogP contribution in [0.5, 0.6) is 11.5 Å². The SMILES string of the molecule is COc1cc(OC)c(-c2nc3c4n2C(C)(C)C2Nc5cc(Cl)ccc5C42N(c2cc(Cl)ccc2C)C3=O)cc1C. The molecule has 0 aliphatic carbocycles. The topological polar surface area (TPSA) is 68.6 Å². The molecule has 7 nitrogen and oxygen atoms in total. The lowest BCUT2D eigenvalue weighted by molar-refractivity contribution is 0.0973. The third-order valence-electron chi connectivity index (χ3n) is 8.76. The Kier molecular flexibility index (Phi) is 5.17. The maximum Gasteiger partial charge on any atom is 0.280 e. The third-order valence-corrected chi connectivity index (χ3v) is 9.23. The molecular weight excluding hydrogens is 547 g/mol. The van der Waals surface area contributed by atoms with E-state index in [-0.39, 0.29) is 11.9 Å². The Bertz CT molecular complexity index is 1780. The van der Waals surface area contributed by atoms with Crippen molar-refractivity contribution in [2.45, 2.75) is 44.8 Å². The summed E-state index contributed by atoms with van der Waals surface area (Å²) in [5.41, 5.74) is 5.21. The van der Waals surface area contributed by atoms with Crippen LogP contribution in [-0.4, -0.2) is 35.7 Å². The molecular formula is C31H28Cl2N4O3. The van der Waals surface area contributed by atoms with Crippen LogP contribution in [0.15, 0.2) is 48.5 Å². The Labute approximate surface area is 242 Å². The molecule has 0 saturated carbocycles. The highest BCUT2D eigenvalue weighted by Crippen LogP contribution is 2.64. The molecule has 3 aliphatic rings. The summed E-state index contributed by atoms with van der Waals surface area (Å²) in [5.74, 6) is 1.86.